The van der Waals surface area contributed by atoms with Crippen molar-refractivity contribution in [1.82, 2.24) is 4.90 Å². The van der Waals surface area contributed by atoms with Crippen LogP contribution in [0.2, 0.25) is 0 Å². The molecule has 0 aromatic heterocycles. The van der Waals surface area contributed by atoms with Crippen molar-refractivity contribution in [3.05, 3.63) is 192 Å². The summed E-state index contributed by atoms with van der Waals surface area (Å²) >= 11 is 3.06. The van der Waals surface area contributed by atoms with Crippen molar-refractivity contribution in [2.24, 2.45) is 11.8 Å². The van der Waals surface area contributed by atoms with Crippen molar-refractivity contribution in [1.29, 1.82) is 5.26 Å². The number of halogens is 3. The van der Waals surface area contributed by atoms with Crippen LogP contribution in [0.25, 0.3) is 0 Å². The van der Waals surface area contributed by atoms with Gasteiger partial charge in [-0.1, -0.05) is 76.6 Å². The number of phenolic OH excluding ortho intramolecular Hbond substituents is 2. The number of carbonyl (C=O) groups excluding carboxylic acids is 4. The summed E-state index contributed by atoms with van der Waals surface area (Å²) in [5.41, 5.74) is 4.10. The highest BCUT2D eigenvalue weighted by molar-refractivity contribution is 9.09. The Hall–Kier alpha value is -8.59. The summed E-state index contributed by atoms with van der Waals surface area (Å²) in [6.07, 6.45) is -1.56. The maximum absolute atomic E-state index is 13.5. The highest BCUT2D eigenvalue weighted by Gasteiger charge is 2.49. The molecule has 6 N–H and O–H groups in total. The minimum atomic E-state index is -2.63. The highest BCUT2D eigenvalue weighted by Crippen LogP contribution is 2.37. The first-order valence-corrected chi connectivity index (χ1v) is 28.7. The number of benzene rings is 6. The molecule has 6 saturated heterocycles. The largest absolute Gasteiger partial charge is 0.844 e. The van der Waals surface area contributed by atoms with E-state index in [9.17, 15) is 52.9 Å². The number of aliphatic carboxylic acids is 2. The van der Waals surface area contributed by atoms with E-state index in [0.717, 1.165) is 69.5 Å². The summed E-state index contributed by atoms with van der Waals surface area (Å²) < 4.78 is 39.2. The molecule has 0 aliphatic carbocycles. The van der Waals surface area contributed by atoms with E-state index in [-0.39, 0.29) is 64.8 Å². The van der Waals surface area contributed by atoms with Crippen LogP contribution in [0, 0.1) is 34.8 Å². The summed E-state index contributed by atoms with van der Waals surface area (Å²) in [6.45, 7) is 7.20. The SMILES string of the molecule is CC#N.O=C(CBr)c1ccc(O)cc1.O=C(C[N+]12CCC(CC1)[C@@H](OC(=O)[C@@H](Nc1ccc(F)cc1)c1ccccc1)C2)c1ccc(O)cc1.O=C(O)[C@@H]([O-])[C@H]([O-])C(=O)O.O=C(O[C@H]1CN2CCC1CC2)[C@@H](Nc1ccc(F)cc1)c1ccccc1. The molecule has 19 nitrogen and oxygen atoms in total. The van der Waals surface area contributed by atoms with Crippen molar-refractivity contribution in [3.63, 3.8) is 0 Å². The first-order valence-electron chi connectivity index (χ1n) is 27.6. The Morgan fingerprint density at radius 3 is 1.37 bits per heavy atom. The molecule has 454 valence electrons. The summed E-state index contributed by atoms with van der Waals surface area (Å²) in [4.78, 5) is 72.2. The second-order valence-electron chi connectivity index (χ2n) is 20.9. The third-order valence-electron chi connectivity index (χ3n) is 15.0. The zero-order valence-corrected chi connectivity index (χ0v) is 48.5. The van der Waals surface area contributed by atoms with E-state index in [4.69, 9.17) is 30.1 Å². The number of alkyl halides is 1. The molecule has 86 heavy (non-hydrogen) atoms. The minimum absolute atomic E-state index is 0.0185. The maximum atomic E-state index is 13.5. The molecule has 6 aromatic carbocycles. The van der Waals surface area contributed by atoms with Crippen LogP contribution in [0.3, 0.4) is 0 Å². The normalized spacial score (nSPS) is 20.7. The highest BCUT2D eigenvalue weighted by atomic mass is 79.9. The number of ether oxygens (including phenoxy) is 2. The van der Waals surface area contributed by atoms with Gasteiger partial charge in [0.05, 0.1) is 24.5 Å². The molecule has 6 fully saturated rings. The molecular weight excluding hydrogens is 1180 g/mol. The van der Waals surface area contributed by atoms with Gasteiger partial charge >= 0.3 is 11.9 Å². The standard InChI is InChI=1S/C29H29FN2O4.C21H23FN2O2.C8H7BrO2.C4H4O6.C2H3N/c30-23-8-10-24(11-9-23)31-28(22-4-2-1-3-5-22)29(35)36-27-19-32(16-14-21(27)15-17-32)18-26(34)20-6-12-25(33)13-7-20;22-17-6-8-18(9-7-17)23-20(16-4-2-1-3-5-16)21(25)26-19-14-24-12-10-15(19)11-13-24;9-5-8(11)6-1-3-7(10)4-2-6;5-1(3(7)8)2(6)4(9)10;1-2-3/h1-13,21,27-28,31H,14-19H2;1-9,15,19-20,23H,10-14H2;1-4,10H,5H2;1-2H,(H,7,8)(H,9,10);1H3/q;;;-2;/p+1/t21?,27-,28-,32?;19-,20-;;1-,2-;/m00.0./s1. The Labute approximate surface area is 504 Å². The third kappa shape index (κ3) is 19.7. The van der Waals surface area contributed by atoms with E-state index in [0.29, 0.717) is 51.3 Å². The topological polar surface area (TPSA) is 299 Å². The number of fused-ring (bicyclic) bond motifs is 6. The number of quaternary nitrogens is 1. The van der Waals surface area contributed by atoms with Gasteiger partial charge in [0.2, 0.25) is 5.78 Å². The number of nitriles is 1. The molecule has 0 amide bonds. The van der Waals surface area contributed by atoms with E-state index >= 15 is 0 Å². The van der Waals surface area contributed by atoms with Gasteiger partial charge in [-0.05, 0) is 152 Å². The average molecular weight is 1250 g/mol. The number of hydrogen-bond acceptors (Lipinski definition) is 16. The summed E-state index contributed by atoms with van der Waals surface area (Å²) in [5, 5.41) is 68.3. The van der Waals surface area contributed by atoms with Crippen LogP contribution in [0.15, 0.2) is 158 Å². The van der Waals surface area contributed by atoms with Gasteiger partial charge < -0.3 is 55.2 Å². The number of rotatable bonds is 18. The molecule has 6 heterocycles. The summed E-state index contributed by atoms with van der Waals surface area (Å²) in [7, 11) is 0. The zero-order valence-electron chi connectivity index (χ0n) is 47.0. The zero-order chi connectivity index (χ0) is 62.3. The Balaban J connectivity index is 0.000000204. The number of phenols is 2. The molecule has 6 aromatic rings. The molecule has 0 spiro atoms. The van der Waals surface area contributed by atoms with Gasteiger partial charge in [0.25, 0.3) is 11.9 Å². The average Bonchev–Trinajstić information content (AvgIpc) is 1.81. The van der Waals surface area contributed by atoms with Crippen LogP contribution in [0.1, 0.15) is 76.5 Å². The number of esters is 2. The number of carbonyl (C=O) groups is 6. The van der Waals surface area contributed by atoms with Gasteiger partial charge in [0, 0.05) is 54.7 Å². The fraction of sp³-hybridized carbons (Fsp3) is 0.328. The number of piperidine rings is 6. The maximum Gasteiger partial charge on any atom is 0.333 e. The predicted octanol–water partition coefficient (Wildman–Crippen LogP) is 7.45. The molecule has 0 unspecified atom stereocenters. The Morgan fingerprint density at radius 2 is 1.00 bits per heavy atom. The first-order chi connectivity index (χ1) is 41.2. The van der Waals surface area contributed by atoms with Gasteiger partial charge in [-0.2, -0.15) is 5.26 Å². The lowest BCUT2D eigenvalue weighted by Gasteiger charge is -2.51. The fourth-order valence-corrected chi connectivity index (χ4v) is 10.7. The molecule has 6 aliphatic heterocycles. The van der Waals surface area contributed by atoms with Gasteiger partial charge in [0.15, 0.2) is 24.0 Å². The molecule has 6 atom stereocenters. The van der Waals surface area contributed by atoms with E-state index in [1.165, 1.54) is 55.5 Å². The number of anilines is 2. The number of nitrogens with zero attached hydrogens (tertiary/aromatic N) is 3. The Kier molecular flexibility index (Phi) is 25.2. The van der Waals surface area contributed by atoms with Crippen LogP contribution >= 0.6 is 15.9 Å². The number of carboxylic acids is 2. The summed E-state index contributed by atoms with van der Waals surface area (Å²) in [5.74, 6) is -4.10. The van der Waals surface area contributed by atoms with Crippen molar-refractivity contribution in [2.75, 3.05) is 61.8 Å². The molecule has 22 heteroatoms. The van der Waals surface area contributed by atoms with Crippen molar-refractivity contribution < 1.29 is 82.1 Å². The predicted molar refractivity (Wildman–Crippen MR) is 313 cm³/mol. The van der Waals surface area contributed by atoms with Gasteiger partial charge in [-0.3, -0.25) is 24.1 Å². The number of carboxylic acid groups (broad SMARTS) is 2. The monoisotopic (exact) mass is 1250 g/mol. The van der Waals surface area contributed by atoms with Crippen LogP contribution in [0.5, 0.6) is 11.5 Å². The van der Waals surface area contributed by atoms with E-state index in [1.54, 1.807) is 54.6 Å². The molecule has 4 bridgehead atoms. The summed E-state index contributed by atoms with van der Waals surface area (Å²) in [6, 6.07) is 43.7. The second kappa shape index (κ2) is 32.6. The van der Waals surface area contributed by atoms with Crippen molar-refractivity contribution in [2.45, 2.75) is 69.1 Å². The second-order valence-corrected chi connectivity index (χ2v) is 21.4. The van der Waals surface area contributed by atoms with Crippen molar-refractivity contribution >= 4 is 62.7 Å². The Bertz CT molecular complexity index is 3180. The van der Waals surface area contributed by atoms with E-state index < -0.39 is 36.2 Å². The van der Waals surface area contributed by atoms with Gasteiger partial charge in [-0.25, -0.2) is 18.4 Å². The number of ketones is 2. The van der Waals surface area contributed by atoms with Crippen LogP contribution in [0.4, 0.5) is 20.2 Å². The van der Waals surface area contributed by atoms with Gasteiger partial charge in [-0.15, -0.1) is 0 Å². The quantitative estimate of drug-likeness (QED) is 0.0211. The number of aromatic hydroxyl groups is 2. The number of nitrogens with one attached hydrogen (secondary N) is 2. The van der Waals surface area contributed by atoms with Crippen LogP contribution in [-0.2, 0) is 28.7 Å². The van der Waals surface area contributed by atoms with E-state index in [2.05, 4.69) is 31.5 Å². The number of hydrogen-bond donors (Lipinski definition) is 6. The van der Waals surface area contributed by atoms with Crippen molar-refractivity contribution in [3.8, 4) is 17.6 Å². The minimum Gasteiger partial charge on any atom is -0.844 e. The molecular formula is C64H67BrF2N5O14-. The fourth-order valence-electron chi connectivity index (χ4n) is 10.4. The van der Waals surface area contributed by atoms with Gasteiger partial charge in [0.1, 0.15) is 42.3 Å². The third-order valence-corrected chi connectivity index (χ3v) is 15.5. The molecule has 0 saturated carbocycles. The van der Waals surface area contributed by atoms with Crippen LogP contribution in [-0.4, -0.2) is 141 Å². The Morgan fingerprint density at radius 1 is 0.616 bits per heavy atom. The molecule has 12 rings (SSSR count). The van der Waals surface area contributed by atoms with Crippen LogP contribution < -0.4 is 20.8 Å². The lowest BCUT2D eigenvalue weighted by Crippen LogP contribution is -2.65. The lowest BCUT2D eigenvalue weighted by atomic mass is 9.82. The number of Topliss-reactive ketones (excluding diaryl/α,β-unsaturated/α-hetero) is 2. The molecule has 6 aliphatic rings. The smallest absolute Gasteiger partial charge is 0.333 e. The van der Waals surface area contributed by atoms with E-state index in [1.807, 2.05) is 60.7 Å². The first kappa shape index (κ1) is 66.5. The molecule has 0 radical (unpaired) electrons. The lowest BCUT2D eigenvalue weighted by molar-refractivity contribution is -0.938.